The number of β-lactam (4-membered cyclic amide) rings is 1. The first-order valence-corrected chi connectivity index (χ1v) is 15.4. The lowest BCUT2D eigenvalue weighted by Gasteiger charge is -2.46. The first kappa shape index (κ1) is 33.0. The van der Waals surface area contributed by atoms with Gasteiger partial charge in [-0.05, 0) is 68.3 Å². The number of halogens is 3. The summed E-state index contributed by atoms with van der Waals surface area (Å²) in [5, 5.41) is 0.572. The van der Waals surface area contributed by atoms with Gasteiger partial charge in [0.1, 0.15) is 29.5 Å². The molecule has 1 aliphatic heterocycles. The molecular weight excluding hydrogens is 651 g/mol. The lowest BCUT2D eigenvalue weighted by molar-refractivity contribution is -0.153. The molecule has 1 aromatic rings. The number of hydrogen-bond acceptors (Lipinski definition) is 11. The van der Waals surface area contributed by atoms with Crippen LogP contribution in [0.15, 0.2) is 41.8 Å². The van der Waals surface area contributed by atoms with Crippen LogP contribution >= 0.6 is 46.6 Å². The highest BCUT2D eigenvalue weighted by atomic mass is 35.6. The zero-order valence-electron chi connectivity index (χ0n) is 22.9. The molecule has 3 fully saturated rings. The number of alkyl halides is 3. The van der Waals surface area contributed by atoms with Crippen LogP contribution in [0.3, 0.4) is 0 Å². The number of para-hydroxylation sites is 1. The summed E-state index contributed by atoms with van der Waals surface area (Å²) in [5.74, 6) is -2.12. The number of benzene rings is 1. The minimum Gasteiger partial charge on any atom is -0.484 e. The highest BCUT2D eigenvalue weighted by Gasteiger charge is 2.54. The topological polar surface area (TPSA) is 147 Å². The lowest BCUT2D eigenvalue weighted by atomic mass is 10.1. The largest absolute Gasteiger partial charge is 0.513 e. The molecule has 234 valence electrons. The number of hydrogen-bond donors (Lipinski definition) is 1. The summed E-state index contributed by atoms with van der Waals surface area (Å²) >= 11 is 17.7. The van der Waals surface area contributed by atoms with E-state index in [1.54, 1.807) is 30.3 Å². The highest BCUT2D eigenvalue weighted by molar-refractivity contribution is 8.13. The van der Waals surface area contributed by atoms with Crippen LogP contribution in [0.1, 0.15) is 32.6 Å². The fraction of sp³-hybridized carbons (Fsp3) is 0.519. The Balaban J connectivity index is 1.52. The Morgan fingerprint density at radius 2 is 1.60 bits per heavy atom. The third-order valence-electron chi connectivity index (χ3n) is 6.33. The average molecular weight is 680 g/mol. The Bertz CT molecular complexity index is 1250. The van der Waals surface area contributed by atoms with E-state index in [-0.39, 0.29) is 30.8 Å². The number of carbonyl (C=O) groups is 5. The van der Waals surface area contributed by atoms with E-state index >= 15 is 0 Å². The summed E-state index contributed by atoms with van der Waals surface area (Å²) in [4.78, 5) is 65.2. The fourth-order valence-electron chi connectivity index (χ4n) is 3.74. The molecule has 2 aliphatic carbocycles. The van der Waals surface area contributed by atoms with Crippen molar-refractivity contribution >= 4 is 75.8 Å². The van der Waals surface area contributed by atoms with Gasteiger partial charge in [0, 0.05) is 0 Å². The monoisotopic (exact) mass is 678 g/mol. The molecule has 2 saturated carbocycles. The molecule has 43 heavy (non-hydrogen) atoms. The lowest BCUT2D eigenvalue weighted by Crippen LogP contribution is -2.70. The fourth-order valence-corrected chi connectivity index (χ4v) is 4.87. The van der Waals surface area contributed by atoms with Gasteiger partial charge in [-0.25, -0.2) is 14.4 Å². The minimum absolute atomic E-state index is 0.131. The van der Waals surface area contributed by atoms with Crippen molar-refractivity contribution in [2.24, 2.45) is 11.8 Å². The maximum atomic E-state index is 13.4. The van der Waals surface area contributed by atoms with Gasteiger partial charge >= 0.3 is 17.4 Å². The van der Waals surface area contributed by atoms with Gasteiger partial charge in [0.05, 0.1) is 13.2 Å². The van der Waals surface area contributed by atoms with E-state index in [0.717, 1.165) is 30.6 Å². The highest BCUT2D eigenvalue weighted by Crippen LogP contribution is 2.38. The van der Waals surface area contributed by atoms with E-state index in [1.807, 2.05) is 0 Å². The first-order chi connectivity index (χ1) is 20.4. The molecular formula is C27H29Cl3N2O10S. The van der Waals surface area contributed by atoms with Gasteiger partial charge in [0.2, 0.25) is 3.79 Å². The summed E-state index contributed by atoms with van der Waals surface area (Å²) in [7, 11) is 0. The van der Waals surface area contributed by atoms with Crippen molar-refractivity contribution in [3.63, 3.8) is 0 Å². The Kier molecular flexibility index (Phi) is 11.3. The number of rotatable bonds is 13. The number of esters is 1. The second-order valence-corrected chi connectivity index (χ2v) is 13.6. The van der Waals surface area contributed by atoms with Gasteiger partial charge in [0.25, 0.3) is 11.8 Å². The van der Waals surface area contributed by atoms with Gasteiger partial charge in [0.15, 0.2) is 12.3 Å². The summed E-state index contributed by atoms with van der Waals surface area (Å²) in [6.45, 7) is 0.411. The summed E-state index contributed by atoms with van der Waals surface area (Å²) in [5.41, 5.74) is -0.554. The van der Waals surface area contributed by atoms with Crippen molar-refractivity contribution in [1.29, 1.82) is 0 Å². The number of carbonyl (C=O) groups excluding carboxylic acids is 5. The number of ether oxygens (including phenoxy) is 5. The Morgan fingerprint density at radius 1 is 0.977 bits per heavy atom. The molecule has 16 heteroatoms. The quantitative estimate of drug-likeness (QED) is 0.0773. The van der Waals surface area contributed by atoms with Crippen molar-refractivity contribution in [2.45, 2.75) is 47.8 Å². The molecule has 0 spiro atoms. The zero-order chi connectivity index (χ0) is 31.1. The van der Waals surface area contributed by atoms with E-state index in [1.165, 1.54) is 6.92 Å². The Morgan fingerprint density at radius 3 is 2.21 bits per heavy atom. The molecule has 2 amide bonds. The van der Waals surface area contributed by atoms with Gasteiger partial charge in [-0.3, -0.25) is 14.5 Å². The molecule has 1 saturated heterocycles. The molecule has 12 nitrogen and oxygen atoms in total. The van der Waals surface area contributed by atoms with Gasteiger partial charge in [-0.1, -0.05) is 53.0 Å². The summed E-state index contributed by atoms with van der Waals surface area (Å²) < 4.78 is 24.1. The molecule has 1 aromatic carbocycles. The predicted molar refractivity (Wildman–Crippen MR) is 155 cm³/mol. The number of thioether (sulfide) groups is 1. The van der Waals surface area contributed by atoms with Crippen LogP contribution in [0.4, 0.5) is 9.59 Å². The number of amides is 2. The maximum Gasteiger partial charge on any atom is 0.513 e. The number of nitrogens with zero attached hydrogens (tertiary/aromatic N) is 1. The molecule has 2 atom stereocenters. The SMILES string of the molecule is CC(OC(=O)OCC1CC1)=C(C(=O)OCC(Cl)(Cl)Cl)N1C(=O)C(NC(=O)COc2ccccc2)C1SC(=O)OCC1CC1. The standard InChI is InChI=1S/C27H29Cl3N2O10S/c1-15(42-25(36)39-11-16-7-8-16)21(24(35)41-14-27(28,29)30)32-22(34)20(23(32)43-26(37)40-12-17-9-10-17)31-19(33)13-38-18-5-3-2-4-6-18/h2-6,16-17,20,23H,7-14H2,1H3,(H,31,33). The summed E-state index contributed by atoms with van der Waals surface area (Å²) in [6.07, 6.45) is 2.58. The van der Waals surface area contributed by atoms with E-state index in [4.69, 9.17) is 58.5 Å². The maximum absolute atomic E-state index is 13.4. The predicted octanol–water partition coefficient (Wildman–Crippen LogP) is 4.71. The molecule has 1 heterocycles. The van der Waals surface area contributed by atoms with Crippen LogP contribution < -0.4 is 10.1 Å². The van der Waals surface area contributed by atoms with Crippen molar-refractivity contribution < 1.29 is 47.7 Å². The third-order valence-corrected chi connectivity index (χ3v) is 7.69. The Labute approximate surface area is 266 Å². The number of allylic oxidation sites excluding steroid dienone is 1. The Hall–Kier alpha value is -2.87. The zero-order valence-corrected chi connectivity index (χ0v) is 26.0. The first-order valence-electron chi connectivity index (χ1n) is 13.3. The van der Waals surface area contributed by atoms with Crippen LogP contribution in [0, 0.1) is 11.8 Å². The molecule has 1 N–H and O–H groups in total. The number of nitrogens with one attached hydrogen (secondary N) is 1. The molecule has 3 aliphatic rings. The van der Waals surface area contributed by atoms with Gasteiger partial charge < -0.3 is 29.0 Å². The number of likely N-dealkylation sites (tertiary alicyclic amines) is 1. The molecule has 0 bridgehead atoms. The van der Waals surface area contributed by atoms with Crippen LogP contribution in [0.5, 0.6) is 5.75 Å². The van der Waals surface area contributed by atoms with Crippen molar-refractivity contribution in [1.82, 2.24) is 10.2 Å². The van der Waals surface area contributed by atoms with E-state index in [2.05, 4.69) is 5.32 Å². The van der Waals surface area contributed by atoms with Gasteiger partial charge in [-0.15, -0.1) is 0 Å². The molecule has 0 radical (unpaired) electrons. The average Bonchev–Trinajstić information content (AvgIpc) is 3.89. The van der Waals surface area contributed by atoms with Crippen molar-refractivity contribution in [3.05, 3.63) is 41.8 Å². The van der Waals surface area contributed by atoms with E-state index in [0.29, 0.717) is 17.5 Å². The van der Waals surface area contributed by atoms with Crippen LogP contribution in [-0.2, 0) is 33.3 Å². The second-order valence-electron chi connectivity index (χ2n) is 10.1. The normalized spacial score (nSPS) is 20.3. The van der Waals surface area contributed by atoms with Crippen molar-refractivity contribution in [2.75, 3.05) is 26.4 Å². The minimum atomic E-state index is -1.99. The summed E-state index contributed by atoms with van der Waals surface area (Å²) in [6, 6.07) is 7.24. The van der Waals surface area contributed by atoms with Crippen LogP contribution in [0.2, 0.25) is 0 Å². The van der Waals surface area contributed by atoms with Crippen LogP contribution in [0.25, 0.3) is 0 Å². The van der Waals surface area contributed by atoms with E-state index < -0.39 is 63.4 Å². The third kappa shape index (κ3) is 10.4. The smallest absolute Gasteiger partial charge is 0.484 e. The van der Waals surface area contributed by atoms with Crippen molar-refractivity contribution in [3.8, 4) is 5.75 Å². The van der Waals surface area contributed by atoms with E-state index in [9.17, 15) is 24.0 Å². The molecule has 4 rings (SSSR count). The second kappa shape index (κ2) is 14.7. The van der Waals surface area contributed by atoms with Crippen LogP contribution in [-0.4, -0.2) is 75.8 Å². The molecule has 2 unspecified atom stereocenters. The molecule has 0 aromatic heterocycles. The van der Waals surface area contributed by atoms with Gasteiger partial charge in [-0.2, -0.15) is 0 Å².